The minimum atomic E-state index is 0.764. The first-order chi connectivity index (χ1) is 7.33. The van der Waals surface area contributed by atoms with Crippen molar-refractivity contribution >= 4 is 0 Å². The summed E-state index contributed by atoms with van der Waals surface area (Å²) in [6, 6.07) is 0.764. The normalized spacial score (nSPS) is 30.4. The number of likely N-dealkylation sites (N-methyl/N-ethyl adjacent to an activating group) is 1. The van der Waals surface area contributed by atoms with Crippen LogP contribution >= 0.6 is 0 Å². The highest BCUT2D eigenvalue weighted by Crippen LogP contribution is 2.33. The molecule has 1 aliphatic heterocycles. The Bertz CT molecular complexity index is 189. The molecule has 0 spiro atoms. The fourth-order valence-electron chi connectivity index (χ4n) is 2.90. The highest BCUT2D eigenvalue weighted by Gasteiger charge is 2.32. The topological polar surface area (TPSA) is 15.3 Å². The molecule has 2 rings (SSSR count). The molecule has 15 heavy (non-hydrogen) atoms. The van der Waals surface area contributed by atoms with Gasteiger partial charge in [-0.1, -0.05) is 13.3 Å². The number of hydrogen-bond acceptors (Lipinski definition) is 2. The molecule has 0 aromatic heterocycles. The van der Waals surface area contributed by atoms with Gasteiger partial charge >= 0.3 is 0 Å². The van der Waals surface area contributed by atoms with Gasteiger partial charge in [-0.2, -0.15) is 0 Å². The Labute approximate surface area is 94.4 Å². The number of rotatable bonds is 5. The Morgan fingerprint density at radius 3 is 2.73 bits per heavy atom. The van der Waals surface area contributed by atoms with Crippen molar-refractivity contribution in [2.24, 2.45) is 11.8 Å². The van der Waals surface area contributed by atoms with Crippen LogP contribution in [0.4, 0.5) is 0 Å². The molecule has 1 aliphatic carbocycles. The minimum absolute atomic E-state index is 0.764. The second kappa shape index (κ2) is 5.31. The van der Waals surface area contributed by atoms with E-state index < -0.39 is 0 Å². The van der Waals surface area contributed by atoms with E-state index in [2.05, 4.69) is 24.2 Å². The predicted molar refractivity (Wildman–Crippen MR) is 65.0 cm³/mol. The number of nitrogens with one attached hydrogen (secondary N) is 1. The maximum atomic E-state index is 3.50. The second-order valence-electron chi connectivity index (χ2n) is 5.41. The van der Waals surface area contributed by atoms with Crippen molar-refractivity contribution in [2.75, 3.05) is 26.7 Å². The molecule has 1 heterocycles. The lowest BCUT2D eigenvalue weighted by Gasteiger charge is -2.34. The lowest BCUT2D eigenvalue weighted by molar-refractivity contribution is 0.153. The summed E-state index contributed by atoms with van der Waals surface area (Å²) in [5.74, 6) is 1.95. The molecule has 0 amide bonds. The van der Waals surface area contributed by atoms with Gasteiger partial charge in [0, 0.05) is 19.1 Å². The first-order valence-electron chi connectivity index (χ1n) is 6.73. The van der Waals surface area contributed by atoms with Gasteiger partial charge in [0.2, 0.25) is 0 Å². The number of hydrogen-bond donors (Lipinski definition) is 1. The quantitative estimate of drug-likeness (QED) is 0.747. The third-order valence-electron chi connectivity index (χ3n) is 4.20. The van der Waals surface area contributed by atoms with Gasteiger partial charge in [0.1, 0.15) is 0 Å². The molecule has 2 unspecified atom stereocenters. The highest BCUT2D eigenvalue weighted by molar-refractivity contribution is 4.88. The van der Waals surface area contributed by atoms with Gasteiger partial charge in [0.15, 0.2) is 0 Å². The maximum Gasteiger partial charge on any atom is 0.0220 e. The van der Waals surface area contributed by atoms with Crippen molar-refractivity contribution in [1.29, 1.82) is 0 Å². The highest BCUT2D eigenvalue weighted by atomic mass is 15.2. The van der Waals surface area contributed by atoms with Gasteiger partial charge in [-0.3, -0.25) is 0 Å². The van der Waals surface area contributed by atoms with E-state index in [9.17, 15) is 0 Å². The van der Waals surface area contributed by atoms with E-state index in [1.807, 2.05) is 0 Å². The van der Waals surface area contributed by atoms with Crippen LogP contribution in [0.1, 0.15) is 39.0 Å². The third kappa shape index (κ3) is 3.18. The van der Waals surface area contributed by atoms with Gasteiger partial charge in [0.25, 0.3) is 0 Å². The molecular weight excluding hydrogens is 184 g/mol. The van der Waals surface area contributed by atoms with Crippen LogP contribution < -0.4 is 5.32 Å². The maximum absolute atomic E-state index is 3.50. The third-order valence-corrected chi connectivity index (χ3v) is 4.20. The zero-order chi connectivity index (χ0) is 10.7. The second-order valence-corrected chi connectivity index (χ2v) is 5.41. The molecule has 2 atom stereocenters. The summed E-state index contributed by atoms with van der Waals surface area (Å²) in [5, 5.41) is 3.50. The molecule has 0 bridgehead atoms. The van der Waals surface area contributed by atoms with Gasteiger partial charge in [0.05, 0.1) is 0 Å². The summed E-state index contributed by atoms with van der Waals surface area (Å²) < 4.78 is 0. The number of nitrogens with zero attached hydrogens (tertiary/aromatic N) is 1. The Kier molecular flexibility index (Phi) is 4.04. The van der Waals surface area contributed by atoms with Gasteiger partial charge in [-0.15, -0.1) is 0 Å². The van der Waals surface area contributed by atoms with Crippen molar-refractivity contribution in [3.63, 3.8) is 0 Å². The zero-order valence-electron chi connectivity index (χ0n) is 10.3. The van der Waals surface area contributed by atoms with E-state index >= 15 is 0 Å². The van der Waals surface area contributed by atoms with Crippen molar-refractivity contribution in [3.8, 4) is 0 Å². The Morgan fingerprint density at radius 1 is 1.33 bits per heavy atom. The van der Waals surface area contributed by atoms with Crippen LogP contribution in [0.15, 0.2) is 0 Å². The summed E-state index contributed by atoms with van der Waals surface area (Å²) in [7, 11) is 2.13. The minimum Gasteiger partial charge on any atom is -0.315 e. The standard InChI is InChI=1S/C13H26N2/c1-3-11-5-4-8-15(9-11)10-13(14-2)12-6-7-12/h11-14H,3-10H2,1-2H3. The monoisotopic (exact) mass is 210 g/mol. The molecule has 0 aromatic carbocycles. The predicted octanol–water partition coefficient (Wildman–Crippen LogP) is 2.11. The van der Waals surface area contributed by atoms with E-state index in [0.717, 1.165) is 17.9 Å². The fraction of sp³-hybridized carbons (Fsp3) is 1.00. The first kappa shape index (κ1) is 11.4. The van der Waals surface area contributed by atoms with Gasteiger partial charge in [-0.25, -0.2) is 0 Å². The average molecular weight is 210 g/mol. The van der Waals surface area contributed by atoms with Crippen LogP contribution in [0.25, 0.3) is 0 Å². The van der Waals surface area contributed by atoms with Crippen molar-refractivity contribution in [2.45, 2.75) is 45.1 Å². The molecule has 2 heteroatoms. The van der Waals surface area contributed by atoms with E-state index in [0.29, 0.717) is 0 Å². The average Bonchev–Trinajstić information content (AvgIpc) is 3.10. The van der Waals surface area contributed by atoms with E-state index in [-0.39, 0.29) is 0 Å². The van der Waals surface area contributed by atoms with Crippen LogP contribution in [0.2, 0.25) is 0 Å². The Morgan fingerprint density at radius 2 is 2.13 bits per heavy atom. The van der Waals surface area contributed by atoms with Crippen LogP contribution in [0.5, 0.6) is 0 Å². The van der Waals surface area contributed by atoms with E-state index in [4.69, 9.17) is 0 Å². The van der Waals surface area contributed by atoms with E-state index in [1.165, 1.54) is 51.7 Å². The molecular formula is C13H26N2. The number of piperidine rings is 1. The van der Waals surface area contributed by atoms with Crippen molar-refractivity contribution in [1.82, 2.24) is 10.2 Å². The summed E-state index contributed by atoms with van der Waals surface area (Å²) >= 11 is 0. The van der Waals surface area contributed by atoms with Crippen LogP contribution in [-0.2, 0) is 0 Å². The molecule has 2 fully saturated rings. The SMILES string of the molecule is CCC1CCCN(CC(NC)C2CC2)C1. The molecule has 0 radical (unpaired) electrons. The molecule has 2 nitrogen and oxygen atoms in total. The Balaban J connectivity index is 1.76. The summed E-state index contributed by atoms with van der Waals surface area (Å²) in [4.78, 5) is 2.69. The molecule has 1 saturated heterocycles. The smallest absolute Gasteiger partial charge is 0.0220 e. The lowest BCUT2D eigenvalue weighted by Crippen LogP contribution is -2.45. The van der Waals surface area contributed by atoms with E-state index in [1.54, 1.807) is 0 Å². The summed E-state index contributed by atoms with van der Waals surface area (Å²) in [6.45, 7) is 6.31. The molecule has 0 aromatic rings. The van der Waals surface area contributed by atoms with Crippen LogP contribution in [0, 0.1) is 11.8 Å². The fourth-order valence-corrected chi connectivity index (χ4v) is 2.90. The first-order valence-corrected chi connectivity index (χ1v) is 6.73. The lowest BCUT2D eigenvalue weighted by atomic mass is 9.95. The molecule has 2 aliphatic rings. The van der Waals surface area contributed by atoms with Crippen LogP contribution in [-0.4, -0.2) is 37.6 Å². The van der Waals surface area contributed by atoms with Crippen molar-refractivity contribution < 1.29 is 0 Å². The Hall–Kier alpha value is -0.0800. The largest absolute Gasteiger partial charge is 0.315 e. The van der Waals surface area contributed by atoms with Crippen LogP contribution in [0.3, 0.4) is 0 Å². The molecule has 88 valence electrons. The zero-order valence-corrected chi connectivity index (χ0v) is 10.3. The molecule has 1 saturated carbocycles. The van der Waals surface area contributed by atoms with Crippen molar-refractivity contribution in [3.05, 3.63) is 0 Å². The van der Waals surface area contributed by atoms with Gasteiger partial charge < -0.3 is 10.2 Å². The summed E-state index contributed by atoms with van der Waals surface area (Å²) in [5.41, 5.74) is 0. The summed E-state index contributed by atoms with van der Waals surface area (Å²) in [6.07, 6.45) is 7.15. The molecule has 1 N–H and O–H groups in total. The van der Waals surface area contributed by atoms with Gasteiger partial charge in [-0.05, 0) is 51.1 Å². The number of likely N-dealkylation sites (tertiary alicyclic amines) is 1.